The molecule has 3 unspecified atom stereocenters. The summed E-state index contributed by atoms with van der Waals surface area (Å²) in [7, 11) is 0. The third kappa shape index (κ3) is 5.73. The van der Waals surface area contributed by atoms with E-state index in [1.54, 1.807) is 0 Å². The van der Waals surface area contributed by atoms with Gasteiger partial charge in [-0.25, -0.2) is 0 Å². The van der Waals surface area contributed by atoms with Crippen molar-refractivity contribution in [2.45, 2.75) is 79.2 Å². The lowest BCUT2D eigenvalue weighted by Gasteiger charge is -2.38. The third-order valence-electron chi connectivity index (χ3n) is 4.49. The number of hydrogen-bond acceptors (Lipinski definition) is 1. The summed E-state index contributed by atoms with van der Waals surface area (Å²) in [5.41, 5.74) is 0.268. The molecule has 0 aromatic rings. The Morgan fingerprint density at radius 1 is 1.11 bits per heavy atom. The van der Waals surface area contributed by atoms with Crippen molar-refractivity contribution in [1.82, 2.24) is 5.32 Å². The summed E-state index contributed by atoms with van der Waals surface area (Å²) >= 11 is 0. The molecule has 0 aliphatic heterocycles. The standard InChI is InChI=1S/C17H35N/c1-7-14-8-9-15(12-18-17(4,5)6)16(11-14)10-13(2)3/h13-16,18H,7-12H2,1-6H3. The van der Waals surface area contributed by atoms with Crippen LogP contribution in [0.5, 0.6) is 0 Å². The molecule has 0 bridgehead atoms. The summed E-state index contributed by atoms with van der Waals surface area (Å²) in [6.07, 6.45) is 7.19. The quantitative estimate of drug-likeness (QED) is 0.737. The van der Waals surface area contributed by atoms with Gasteiger partial charge < -0.3 is 5.32 Å². The van der Waals surface area contributed by atoms with E-state index in [0.29, 0.717) is 0 Å². The molecule has 1 saturated carbocycles. The highest BCUT2D eigenvalue weighted by Crippen LogP contribution is 2.38. The fourth-order valence-corrected chi connectivity index (χ4v) is 3.39. The first kappa shape index (κ1) is 16.0. The topological polar surface area (TPSA) is 12.0 Å². The molecule has 1 nitrogen and oxygen atoms in total. The van der Waals surface area contributed by atoms with Gasteiger partial charge in [-0.15, -0.1) is 0 Å². The maximum Gasteiger partial charge on any atom is 0.00966 e. The van der Waals surface area contributed by atoms with E-state index in [-0.39, 0.29) is 5.54 Å². The van der Waals surface area contributed by atoms with Crippen molar-refractivity contribution in [3.63, 3.8) is 0 Å². The molecule has 0 radical (unpaired) electrons. The summed E-state index contributed by atoms with van der Waals surface area (Å²) in [6.45, 7) is 15.2. The molecule has 18 heavy (non-hydrogen) atoms. The summed E-state index contributed by atoms with van der Waals surface area (Å²) in [5.74, 6) is 3.72. The number of rotatable bonds is 5. The normalized spacial score (nSPS) is 29.8. The molecule has 0 heterocycles. The Labute approximate surface area is 115 Å². The molecule has 108 valence electrons. The van der Waals surface area contributed by atoms with Gasteiger partial charge in [0.2, 0.25) is 0 Å². The predicted molar refractivity (Wildman–Crippen MR) is 81.8 cm³/mol. The molecule has 1 N–H and O–H groups in total. The second-order valence-electron chi connectivity index (χ2n) is 7.87. The van der Waals surface area contributed by atoms with Crippen molar-refractivity contribution < 1.29 is 0 Å². The van der Waals surface area contributed by atoms with E-state index in [1.807, 2.05) is 0 Å². The van der Waals surface area contributed by atoms with Crippen LogP contribution in [0.2, 0.25) is 0 Å². The summed E-state index contributed by atoms with van der Waals surface area (Å²) in [4.78, 5) is 0. The van der Waals surface area contributed by atoms with Crippen molar-refractivity contribution in [2.24, 2.45) is 23.7 Å². The van der Waals surface area contributed by atoms with Crippen molar-refractivity contribution in [1.29, 1.82) is 0 Å². The van der Waals surface area contributed by atoms with Crippen LogP contribution >= 0.6 is 0 Å². The monoisotopic (exact) mass is 253 g/mol. The molecule has 3 atom stereocenters. The van der Waals surface area contributed by atoms with Crippen LogP contribution in [-0.2, 0) is 0 Å². The van der Waals surface area contributed by atoms with Crippen LogP contribution in [-0.4, -0.2) is 12.1 Å². The van der Waals surface area contributed by atoms with Crippen molar-refractivity contribution >= 4 is 0 Å². The second kappa shape index (κ2) is 6.93. The van der Waals surface area contributed by atoms with E-state index in [1.165, 1.54) is 38.6 Å². The highest BCUT2D eigenvalue weighted by molar-refractivity contribution is 4.83. The van der Waals surface area contributed by atoms with Gasteiger partial charge in [-0.05, 0) is 70.3 Å². The fourth-order valence-electron chi connectivity index (χ4n) is 3.39. The van der Waals surface area contributed by atoms with Crippen molar-refractivity contribution in [2.75, 3.05) is 6.54 Å². The van der Waals surface area contributed by atoms with Gasteiger partial charge in [0.15, 0.2) is 0 Å². The number of hydrogen-bond donors (Lipinski definition) is 1. The molecule has 1 fully saturated rings. The summed E-state index contributed by atoms with van der Waals surface area (Å²) in [6, 6.07) is 0. The Morgan fingerprint density at radius 3 is 2.28 bits per heavy atom. The molecule has 0 saturated heterocycles. The minimum atomic E-state index is 0.268. The maximum absolute atomic E-state index is 3.73. The molecule has 1 rings (SSSR count). The van der Waals surface area contributed by atoms with Crippen molar-refractivity contribution in [3.8, 4) is 0 Å². The zero-order valence-electron chi connectivity index (χ0n) is 13.6. The zero-order valence-corrected chi connectivity index (χ0v) is 13.6. The first-order valence-corrected chi connectivity index (χ1v) is 8.06. The van der Waals surface area contributed by atoms with Gasteiger partial charge in [0.25, 0.3) is 0 Å². The van der Waals surface area contributed by atoms with E-state index < -0.39 is 0 Å². The Bertz CT molecular complexity index is 226. The van der Waals surface area contributed by atoms with Gasteiger partial charge in [-0.1, -0.05) is 33.6 Å². The van der Waals surface area contributed by atoms with Crippen LogP contribution in [0.15, 0.2) is 0 Å². The first-order valence-electron chi connectivity index (χ1n) is 8.06. The largest absolute Gasteiger partial charge is 0.312 e. The average molecular weight is 253 g/mol. The lowest BCUT2D eigenvalue weighted by Crippen LogP contribution is -2.42. The molecule has 1 aliphatic carbocycles. The van der Waals surface area contributed by atoms with Crippen LogP contribution in [0.4, 0.5) is 0 Å². The van der Waals surface area contributed by atoms with Gasteiger partial charge in [0, 0.05) is 5.54 Å². The van der Waals surface area contributed by atoms with Crippen LogP contribution in [0, 0.1) is 23.7 Å². The molecule has 0 spiro atoms. The van der Waals surface area contributed by atoms with Crippen LogP contribution in [0.25, 0.3) is 0 Å². The Balaban J connectivity index is 2.52. The van der Waals surface area contributed by atoms with Gasteiger partial charge in [-0.2, -0.15) is 0 Å². The van der Waals surface area contributed by atoms with Gasteiger partial charge in [-0.3, -0.25) is 0 Å². The van der Waals surface area contributed by atoms with Crippen LogP contribution in [0.3, 0.4) is 0 Å². The molecule has 1 heteroatoms. The molecular weight excluding hydrogens is 218 g/mol. The Morgan fingerprint density at radius 2 is 1.78 bits per heavy atom. The highest BCUT2D eigenvalue weighted by atomic mass is 14.9. The first-order chi connectivity index (χ1) is 8.31. The van der Waals surface area contributed by atoms with E-state index in [4.69, 9.17) is 0 Å². The lowest BCUT2D eigenvalue weighted by atomic mass is 9.70. The summed E-state index contributed by atoms with van der Waals surface area (Å²) < 4.78 is 0. The van der Waals surface area contributed by atoms with E-state index >= 15 is 0 Å². The van der Waals surface area contributed by atoms with Crippen molar-refractivity contribution in [3.05, 3.63) is 0 Å². The van der Waals surface area contributed by atoms with Crippen LogP contribution in [0.1, 0.15) is 73.6 Å². The van der Waals surface area contributed by atoms with E-state index in [2.05, 4.69) is 46.9 Å². The molecule has 0 aromatic carbocycles. The van der Waals surface area contributed by atoms with Gasteiger partial charge in [0.05, 0.1) is 0 Å². The SMILES string of the molecule is CCC1CCC(CNC(C)(C)C)C(CC(C)C)C1. The third-order valence-corrected chi connectivity index (χ3v) is 4.49. The molecule has 0 amide bonds. The second-order valence-corrected chi connectivity index (χ2v) is 7.87. The Kier molecular flexibility index (Phi) is 6.17. The molecule has 1 aliphatic rings. The average Bonchev–Trinajstić information content (AvgIpc) is 2.25. The Hall–Kier alpha value is -0.0400. The van der Waals surface area contributed by atoms with Gasteiger partial charge >= 0.3 is 0 Å². The van der Waals surface area contributed by atoms with Crippen LogP contribution < -0.4 is 5.32 Å². The van der Waals surface area contributed by atoms with E-state index in [9.17, 15) is 0 Å². The predicted octanol–water partition coefficient (Wildman–Crippen LogP) is 4.86. The summed E-state index contributed by atoms with van der Waals surface area (Å²) in [5, 5.41) is 3.73. The smallest absolute Gasteiger partial charge is 0.00966 e. The van der Waals surface area contributed by atoms with Gasteiger partial charge in [0.1, 0.15) is 0 Å². The zero-order chi connectivity index (χ0) is 13.8. The molecular formula is C17H35N. The highest BCUT2D eigenvalue weighted by Gasteiger charge is 2.30. The number of nitrogens with one attached hydrogen (secondary N) is 1. The maximum atomic E-state index is 3.73. The van der Waals surface area contributed by atoms with E-state index in [0.717, 1.165) is 23.7 Å². The molecule has 0 aromatic heterocycles. The fraction of sp³-hybridized carbons (Fsp3) is 1.00. The lowest BCUT2D eigenvalue weighted by molar-refractivity contribution is 0.143. The minimum Gasteiger partial charge on any atom is -0.312 e. The minimum absolute atomic E-state index is 0.268.